The second kappa shape index (κ2) is 3.43. The highest BCUT2D eigenvalue weighted by Crippen LogP contribution is 2.23. The fraction of sp³-hybridized carbons (Fsp3) is 0.222. The molecule has 0 aromatic heterocycles. The van der Waals surface area contributed by atoms with Gasteiger partial charge in [-0.1, -0.05) is 6.92 Å². The van der Waals surface area contributed by atoms with Gasteiger partial charge in [-0.2, -0.15) is 0 Å². The first-order valence-corrected chi connectivity index (χ1v) is 3.81. The van der Waals surface area contributed by atoms with Crippen LogP contribution in [0.4, 0.5) is 4.39 Å². The number of hydrogen-bond acceptors (Lipinski definition) is 2. The van der Waals surface area contributed by atoms with Gasteiger partial charge in [-0.05, 0) is 18.6 Å². The van der Waals surface area contributed by atoms with E-state index in [4.69, 9.17) is 10.2 Å². The minimum atomic E-state index is -1.18. The summed E-state index contributed by atoms with van der Waals surface area (Å²) in [7, 11) is 0. The van der Waals surface area contributed by atoms with Crippen molar-refractivity contribution >= 4 is 5.97 Å². The van der Waals surface area contributed by atoms with E-state index in [2.05, 4.69) is 0 Å². The van der Waals surface area contributed by atoms with Crippen molar-refractivity contribution in [3.63, 3.8) is 0 Å². The maximum Gasteiger partial charge on any atom is 0.336 e. The summed E-state index contributed by atoms with van der Waals surface area (Å²) < 4.78 is 13.1. The van der Waals surface area contributed by atoms with Gasteiger partial charge in [-0.15, -0.1) is 0 Å². The molecule has 0 radical (unpaired) electrons. The zero-order valence-corrected chi connectivity index (χ0v) is 7.04. The van der Waals surface area contributed by atoms with Crippen LogP contribution in [0.2, 0.25) is 0 Å². The number of phenols is 1. The lowest BCUT2D eigenvalue weighted by Crippen LogP contribution is -2.04. The normalized spacial score (nSPS) is 10.0. The summed E-state index contributed by atoms with van der Waals surface area (Å²) >= 11 is 0. The van der Waals surface area contributed by atoms with Crippen LogP contribution >= 0.6 is 0 Å². The van der Waals surface area contributed by atoms with Gasteiger partial charge in [0.05, 0.1) is 5.56 Å². The molecule has 0 heterocycles. The third kappa shape index (κ3) is 1.61. The minimum Gasteiger partial charge on any atom is -0.505 e. The van der Waals surface area contributed by atoms with Crippen LogP contribution in [0, 0.1) is 5.82 Å². The lowest BCUT2D eigenvalue weighted by molar-refractivity contribution is 0.0695. The fourth-order valence-corrected chi connectivity index (χ4v) is 1.15. The topological polar surface area (TPSA) is 57.5 Å². The molecule has 1 aromatic carbocycles. The second-order valence-corrected chi connectivity index (χ2v) is 2.58. The number of aromatic hydroxyl groups is 1. The van der Waals surface area contributed by atoms with E-state index in [1.807, 2.05) is 0 Å². The van der Waals surface area contributed by atoms with Crippen molar-refractivity contribution in [3.8, 4) is 5.75 Å². The Hall–Kier alpha value is -1.58. The standard InChI is InChI=1S/C9H9FO3/c1-2-5-6(9(12)13)3-4-7(11)8(5)10/h3-4,11H,2H2,1H3,(H,12,13). The van der Waals surface area contributed by atoms with E-state index in [9.17, 15) is 9.18 Å². The van der Waals surface area contributed by atoms with Crippen LogP contribution in [0.15, 0.2) is 12.1 Å². The highest BCUT2D eigenvalue weighted by molar-refractivity contribution is 5.89. The maximum atomic E-state index is 13.1. The number of carboxylic acids is 1. The molecular formula is C9H9FO3. The van der Waals surface area contributed by atoms with Crippen molar-refractivity contribution in [1.29, 1.82) is 0 Å². The molecule has 0 saturated carbocycles. The van der Waals surface area contributed by atoms with Crippen molar-refractivity contribution in [2.75, 3.05) is 0 Å². The van der Waals surface area contributed by atoms with Crippen LogP contribution in [0.1, 0.15) is 22.8 Å². The number of carbonyl (C=O) groups is 1. The van der Waals surface area contributed by atoms with Crippen LogP contribution in [-0.2, 0) is 6.42 Å². The van der Waals surface area contributed by atoms with Gasteiger partial charge in [-0.25, -0.2) is 9.18 Å². The number of benzene rings is 1. The Bertz CT molecular complexity index is 347. The Labute approximate surface area is 74.4 Å². The minimum absolute atomic E-state index is 0.0347. The number of phenolic OH excluding ortho intramolecular Hbond substituents is 1. The summed E-state index contributed by atoms with van der Waals surface area (Å²) in [5.74, 6) is -2.54. The van der Waals surface area contributed by atoms with E-state index >= 15 is 0 Å². The monoisotopic (exact) mass is 184 g/mol. The zero-order valence-electron chi connectivity index (χ0n) is 7.04. The summed E-state index contributed by atoms with van der Waals surface area (Å²) in [6, 6.07) is 2.23. The number of hydrogen-bond donors (Lipinski definition) is 2. The Balaban J connectivity index is 3.38. The highest BCUT2D eigenvalue weighted by Gasteiger charge is 2.15. The molecule has 0 aliphatic rings. The zero-order chi connectivity index (χ0) is 10.0. The Morgan fingerprint density at radius 1 is 1.54 bits per heavy atom. The molecular weight excluding hydrogens is 175 g/mol. The molecule has 1 rings (SSSR count). The molecule has 4 heteroatoms. The molecule has 3 nitrogen and oxygen atoms in total. The fourth-order valence-electron chi connectivity index (χ4n) is 1.15. The maximum absolute atomic E-state index is 13.1. The molecule has 0 atom stereocenters. The van der Waals surface area contributed by atoms with Crippen molar-refractivity contribution in [2.45, 2.75) is 13.3 Å². The van der Waals surface area contributed by atoms with E-state index in [0.717, 1.165) is 6.07 Å². The van der Waals surface area contributed by atoms with Crippen molar-refractivity contribution in [2.24, 2.45) is 0 Å². The van der Waals surface area contributed by atoms with E-state index in [-0.39, 0.29) is 17.5 Å². The second-order valence-electron chi connectivity index (χ2n) is 2.58. The molecule has 1 aromatic rings. The molecule has 0 spiro atoms. The number of rotatable bonds is 2. The molecule has 0 fully saturated rings. The van der Waals surface area contributed by atoms with Crippen molar-refractivity contribution in [1.82, 2.24) is 0 Å². The van der Waals surface area contributed by atoms with Gasteiger partial charge in [0, 0.05) is 5.56 Å². The molecule has 13 heavy (non-hydrogen) atoms. The predicted octanol–water partition coefficient (Wildman–Crippen LogP) is 1.79. The summed E-state index contributed by atoms with van der Waals surface area (Å²) in [5.41, 5.74) is -0.0645. The molecule has 70 valence electrons. The summed E-state index contributed by atoms with van der Waals surface area (Å²) in [5, 5.41) is 17.6. The van der Waals surface area contributed by atoms with E-state index in [1.165, 1.54) is 6.07 Å². The quantitative estimate of drug-likeness (QED) is 0.736. The van der Waals surface area contributed by atoms with Gasteiger partial charge >= 0.3 is 5.97 Å². The lowest BCUT2D eigenvalue weighted by atomic mass is 10.0. The van der Waals surface area contributed by atoms with E-state index < -0.39 is 17.5 Å². The SMILES string of the molecule is CCc1c(C(=O)O)ccc(O)c1F. The smallest absolute Gasteiger partial charge is 0.336 e. The van der Waals surface area contributed by atoms with Gasteiger partial charge in [0.15, 0.2) is 11.6 Å². The first kappa shape index (κ1) is 9.51. The van der Waals surface area contributed by atoms with Crippen LogP contribution < -0.4 is 0 Å². The Morgan fingerprint density at radius 3 is 2.62 bits per heavy atom. The molecule has 0 bridgehead atoms. The molecule has 2 N–H and O–H groups in total. The average Bonchev–Trinajstić information content (AvgIpc) is 2.09. The van der Waals surface area contributed by atoms with Crippen LogP contribution in [0.25, 0.3) is 0 Å². The molecule has 0 unspecified atom stereocenters. The molecule has 0 saturated heterocycles. The Morgan fingerprint density at radius 2 is 2.15 bits per heavy atom. The number of aromatic carboxylic acids is 1. The summed E-state index contributed by atoms with van der Waals surface area (Å²) in [4.78, 5) is 10.6. The Kier molecular flexibility index (Phi) is 2.51. The van der Waals surface area contributed by atoms with Gasteiger partial charge in [-0.3, -0.25) is 0 Å². The third-order valence-electron chi connectivity index (χ3n) is 1.81. The number of halogens is 1. The summed E-state index contributed by atoms with van der Waals surface area (Å²) in [6.45, 7) is 1.63. The molecule has 0 aliphatic carbocycles. The lowest BCUT2D eigenvalue weighted by Gasteiger charge is -2.05. The van der Waals surface area contributed by atoms with E-state index in [1.54, 1.807) is 6.92 Å². The van der Waals surface area contributed by atoms with Gasteiger partial charge < -0.3 is 10.2 Å². The average molecular weight is 184 g/mol. The van der Waals surface area contributed by atoms with Crippen molar-refractivity contribution < 1.29 is 19.4 Å². The largest absolute Gasteiger partial charge is 0.505 e. The first-order valence-electron chi connectivity index (χ1n) is 3.81. The molecule has 0 amide bonds. The van der Waals surface area contributed by atoms with Crippen molar-refractivity contribution in [3.05, 3.63) is 29.1 Å². The first-order chi connectivity index (χ1) is 6.07. The van der Waals surface area contributed by atoms with Gasteiger partial charge in [0.25, 0.3) is 0 Å². The van der Waals surface area contributed by atoms with E-state index in [0.29, 0.717) is 0 Å². The van der Waals surface area contributed by atoms with Gasteiger partial charge in [0.2, 0.25) is 0 Å². The third-order valence-corrected chi connectivity index (χ3v) is 1.81. The van der Waals surface area contributed by atoms with Crippen LogP contribution in [-0.4, -0.2) is 16.2 Å². The van der Waals surface area contributed by atoms with Crippen LogP contribution in [0.3, 0.4) is 0 Å². The van der Waals surface area contributed by atoms with Crippen LogP contribution in [0.5, 0.6) is 5.75 Å². The highest BCUT2D eigenvalue weighted by atomic mass is 19.1. The number of carboxylic acid groups (broad SMARTS) is 1. The predicted molar refractivity (Wildman–Crippen MR) is 44.4 cm³/mol. The summed E-state index contributed by atoms with van der Waals surface area (Å²) in [6.07, 6.45) is 0.238. The molecule has 0 aliphatic heterocycles. The van der Waals surface area contributed by atoms with Gasteiger partial charge in [0.1, 0.15) is 0 Å².